The molecule has 4 aliphatic heterocycles. The van der Waals surface area contributed by atoms with Crippen LogP contribution in [0.4, 0.5) is 0 Å². The first-order chi connectivity index (χ1) is 19.2. The molecule has 40 heavy (non-hydrogen) atoms. The van der Waals surface area contributed by atoms with Crippen molar-refractivity contribution in [3.05, 3.63) is 52.2 Å². The molecule has 0 bridgehead atoms. The predicted molar refractivity (Wildman–Crippen MR) is 148 cm³/mol. The number of pyridine rings is 1. The quantitative estimate of drug-likeness (QED) is 0.460. The summed E-state index contributed by atoms with van der Waals surface area (Å²) in [6.45, 7) is 2.98. The molecule has 0 saturated carbocycles. The molecule has 0 aliphatic carbocycles. The third-order valence-electron chi connectivity index (χ3n) is 8.57. The molecule has 6 heterocycles. The SMILES string of the molecule is O=C1CCC(N2Cc3c(ccc(-c4cc(CN5CCCC5)c5ccn(C6CS(=O)(=O)C6)c5n4)c3Cl)C2=O)C(=O)N1. The van der Waals surface area contributed by atoms with Crippen LogP contribution >= 0.6 is 11.6 Å². The zero-order valence-electron chi connectivity index (χ0n) is 21.7. The summed E-state index contributed by atoms with van der Waals surface area (Å²) in [6.07, 6.45) is 4.71. The monoisotopic (exact) mass is 581 g/mol. The van der Waals surface area contributed by atoms with Gasteiger partial charge < -0.3 is 9.47 Å². The Kier molecular flexibility index (Phi) is 6.03. The van der Waals surface area contributed by atoms with E-state index in [4.69, 9.17) is 16.6 Å². The Morgan fingerprint density at radius 2 is 1.80 bits per heavy atom. The Bertz CT molecular complexity index is 1700. The van der Waals surface area contributed by atoms with Crippen molar-refractivity contribution in [1.82, 2.24) is 24.7 Å². The number of piperidine rings is 1. The van der Waals surface area contributed by atoms with Crippen molar-refractivity contribution in [3.8, 4) is 11.3 Å². The number of imide groups is 1. The number of likely N-dealkylation sites (tertiary alicyclic amines) is 1. The van der Waals surface area contributed by atoms with Crippen molar-refractivity contribution >= 4 is 50.2 Å². The highest BCUT2D eigenvalue weighted by Crippen LogP contribution is 2.40. The van der Waals surface area contributed by atoms with Crippen LogP contribution < -0.4 is 5.32 Å². The van der Waals surface area contributed by atoms with Crippen LogP contribution in [0.25, 0.3) is 22.3 Å². The van der Waals surface area contributed by atoms with Crippen molar-refractivity contribution in [2.24, 2.45) is 0 Å². The van der Waals surface area contributed by atoms with E-state index in [0.717, 1.165) is 49.1 Å². The van der Waals surface area contributed by atoms with Crippen molar-refractivity contribution in [2.45, 2.75) is 50.9 Å². The van der Waals surface area contributed by atoms with Crippen LogP contribution in [0.3, 0.4) is 0 Å². The molecule has 2 aromatic heterocycles. The van der Waals surface area contributed by atoms with Crippen LogP contribution in [-0.4, -0.2) is 76.1 Å². The van der Waals surface area contributed by atoms with E-state index >= 15 is 0 Å². The van der Waals surface area contributed by atoms with E-state index in [2.05, 4.69) is 10.2 Å². The standard InChI is InChI=1S/C28H28ClN5O5S/c29-25-20(4-3-19-21(25)13-34(28(19)37)23-5-6-24(35)31-27(23)36)22-11-16(12-32-8-1-2-9-32)18-7-10-33(26(18)30-22)17-14-40(38,39)15-17/h3-4,7,10-11,17,23H,1-2,5-6,8-9,12-15H2,(H,31,35,36). The Hall–Kier alpha value is -3.28. The van der Waals surface area contributed by atoms with Gasteiger partial charge in [-0.05, 0) is 56.1 Å². The number of halogens is 1. The van der Waals surface area contributed by atoms with Gasteiger partial charge in [0, 0.05) is 47.8 Å². The van der Waals surface area contributed by atoms with Crippen LogP contribution in [0.5, 0.6) is 0 Å². The summed E-state index contributed by atoms with van der Waals surface area (Å²) >= 11 is 6.97. The highest BCUT2D eigenvalue weighted by Gasteiger charge is 2.40. The molecule has 1 aromatic carbocycles. The van der Waals surface area contributed by atoms with Gasteiger partial charge in [-0.2, -0.15) is 0 Å². The van der Waals surface area contributed by atoms with Gasteiger partial charge in [0.05, 0.1) is 28.3 Å². The van der Waals surface area contributed by atoms with Crippen LogP contribution in [0, 0.1) is 0 Å². The first-order valence-electron chi connectivity index (χ1n) is 13.6. The number of amides is 3. The fraction of sp³-hybridized carbons (Fsp3) is 0.429. The second-order valence-electron chi connectivity index (χ2n) is 11.2. The zero-order valence-corrected chi connectivity index (χ0v) is 23.3. The van der Waals surface area contributed by atoms with Crippen LogP contribution in [0.1, 0.15) is 53.2 Å². The second kappa shape index (κ2) is 9.39. The summed E-state index contributed by atoms with van der Waals surface area (Å²) in [5, 5.41) is 3.73. The van der Waals surface area contributed by atoms with Gasteiger partial charge in [0.15, 0.2) is 9.84 Å². The lowest BCUT2D eigenvalue weighted by Crippen LogP contribution is -2.52. The number of sulfone groups is 1. The first-order valence-corrected chi connectivity index (χ1v) is 15.8. The molecule has 3 amide bonds. The van der Waals surface area contributed by atoms with E-state index in [1.807, 2.05) is 22.9 Å². The van der Waals surface area contributed by atoms with Crippen molar-refractivity contribution in [2.75, 3.05) is 24.6 Å². The van der Waals surface area contributed by atoms with Crippen LogP contribution in [-0.2, 0) is 32.5 Å². The number of aromatic nitrogens is 2. The molecule has 10 nitrogen and oxygen atoms in total. The molecule has 7 rings (SSSR count). The third-order valence-corrected chi connectivity index (χ3v) is 10.8. The summed E-state index contributed by atoms with van der Waals surface area (Å²) in [5.41, 5.74) is 4.24. The van der Waals surface area contributed by atoms with Crippen LogP contribution in [0.2, 0.25) is 5.02 Å². The van der Waals surface area contributed by atoms with Gasteiger partial charge in [-0.25, -0.2) is 13.4 Å². The van der Waals surface area contributed by atoms with Crippen LogP contribution in [0.15, 0.2) is 30.5 Å². The third kappa shape index (κ3) is 4.22. The molecule has 0 radical (unpaired) electrons. The van der Waals surface area contributed by atoms with E-state index in [0.29, 0.717) is 27.4 Å². The van der Waals surface area contributed by atoms with Gasteiger partial charge in [0.25, 0.3) is 5.91 Å². The first kappa shape index (κ1) is 25.7. The van der Waals surface area contributed by atoms with E-state index in [-0.39, 0.29) is 48.7 Å². The van der Waals surface area contributed by atoms with Gasteiger partial charge in [0.1, 0.15) is 11.7 Å². The van der Waals surface area contributed by atoms with Gasteiger partial charge in [-0.15, -0.1) is 0 Å². The van der Waals surface area contributed by atoms with E-state index in [9.17, 15) is 22.8 Å². The molecule has 4 aliphatic rings. The Morgan fingerprint density at radius 3 is 2.52 bits per heavy atom. The molecule has 0 spiro atoms. The number of rotatable bonds is 5. The van der Waals surface area contributed by atoms with Gasteiger partial charge in [-0.1, -0.05) is 17.7 Å². The molecular formula is C28H28ClN5O5S. The second-order valence-corrected chi connectivity index (χ2v) is 13.7. The molecule has 208 valence electrons. The number of nitrogens with zero attached hydrogens (tertiary/aromatic N) is 4. The molecule has 3 fully saturated rings. The molecule has 1 atom stereocenters. The molecule has 1 unspecified atom stereocenters. The minimum absolute atomic E-state index is 0.0992. The number of nitrogens with one attached hydrogen (secondary N) is 1. The average Bonchev–Trinajstić information content (AvgIpc) is 3.63. The summed E-state index contributed by atoms with van der Waals surface area (Å²) in [6, 6.07) is 6.71. The normalized spacial score (nSPS) is 23.1. The van der Waals surface area contributed by atoms with Gasteiger partial charge >= 0.3 is 0 Å². The van der Waals surface area contributed by atoms with Crippen molar-refractivity contribution in [1.29, 1.82) is 0 Å². The maximum absolute atomic E-state index is 13.3. The summed E-state index contributed by atoms with van der Waals surface area (Å²) in [4.78, 5) is 46.2. The lowest BCUT2D eigenvalue weighted by molar-refractivity contribution is -0.136. The fourth-order valence-electron chi connectivity index (χ4n) is 6.44. The number of hydrogen-bond acceptors (Lipinski definition) is 7. The maximum Gasteiger partial charge on any atom is 0.255 e. The largest absolute Gasteiger partial charge is 0.327 e. The Morgan fingerprint density at radius 1 is 1.05 bits per heavy atom. The zero-order chi connectivity index (χ0) is 27.8. The Balaban J connectivity index is 1.28. The smallest absolute Gasteiger partial charge is 0.255 e. The minimum Gasteiger partial charge on any atom is -0.327 e. The Labute approximate surface area is 236 Å². The minimum atomic E-state index is -3.02. The maximum atomic E-state index is 13.3. The number of carbonyl (C=O) groups excluding carboxylic acids is 3. The summed E-state index contributed by atoms with van der Waals surface area (Å²) < 4.78 is 25.8. The number of carbonyl (C=O) groups is 3. The number of fused-ring (bicyclic) bond motifs is 2. The number of hydrogen-bond donors (Lipinski definition) is 1. The van der Waals surface area contributed by atoms with Crippen molar-refractivity contribution < 1.29 is 22.8 Å². The summed E-state index contributed by atoms with van der Waals surface area (Å²) in [7, 11) is -3.02. The van der Waals surface area contributed by atoms with E-state index in [1.165, 1.54) is 4.90 Å². The molecule has 1 N–H and O–H groups in total. The molecule has 3 aromatic rings. The number of benzene rings is 1. The topological polar surface area (TPSA) is 122 Å². The fourth-order valence-corrected chi connectivity index (χ4v) is 8.16. The van der Waals surface area contributed by atoms with E-state index in [1.54, 1.807) is 12.1 Å². The molecule has 12 heteroatoms. The average molecular weight is 582 g/mol. The predicted octanol–water partition coefficient (Wildman–Crippen LogP) is 2.68. The van der Waals surface area contributed by atoms with Crippen molar-refractivity contribution in [3.63, 3.8) is 0 Å². The highest BCUT2D eigenvalue weighted by atomic mass is 35.5. The lowest BCUT2D eigenvalue weighted by atomic mass is 10.0. The molecule has 3 saturated heterocycles. The van der Waals surface area contributed by atoms with E-state index < -0.39 is 21.8 Å². The van der Waals surface area contributed by atoms with Gasteiger partial charge in [0.2, 0.25) is 11.8 Å². The van der Waals surface area contributed by atoms with Gasteiger partial charge in [-0.3, -0.25) is 24.6 Å². The lowest BCUT2D eigenvalue weighted by Gasteiger charge is -2.29. The summed E-state index contributed by atoms with van der Waals surface area (Å²) in [5.74, 6) is -0.882. The highest BCUT2D eigenvalue weighted by molar-refractivity contribution is 7.92. The molecular weight excluding hydrogens is 554 g/mol.